The van der Waals surface area contributed by atoms with Gasteiger partial charge in [-0.2, -0.15) is 0 Å². The maximum absolute atomic E-state index is 11.0. The minimum Gasteiger partial charge on any atom is -0.465 e. The molecule has 0 aliphatic heterocycles. The summed E-state index contributed by atoms with van der Waals surface area (Å²) in [5.74, 6) is -0.740. The van der Waals surface area contributed by atoms with Crippen molar-refractivity contribution in [1.82, 2.24) is 0 Å². The molecule has 0 fully saturated rings. The van der Waals surface area contributed by atoms with Crippen LogP contribution in [-0.4, -0.2) is 21.5 Å². The Balaban J connectivity index is 2.84. The quantitative estimate of drug-likeness (QED) is 0.764. The van der Waals surface area contributed by atoms with Gasteiger partial charge in [0.1, 0.15) is 0 Å². The standard InChI is InChI=1S/C7H9NO4S2/c1-12-7(9)5-2-6(13-3-5)4-14(8,10)11/h2-3H,4H2,1H3,(H2,8,10,11). The van der Waals surface area contributed by atoms with Gasteiger partial charge in [-0.05, 0) is 6.07 Å². The second-order valence-corrected chi connectivity index (χ2v) is 5.21. The molecule has 0 spiro atoms. The summed E-state index contributed by atoms with van der Waals surface area (Å²) in [5, 5.41) is 6.38. The zero-order chi connectivity index (χ0) is 10.8. The number of carbonyl (C=O) groups excluding carboxylic acids is 1. The fraction of sp³-hybridized carbons (Fsp3) is 0.286. The van der Waals surface area contributed by atoms with Crippen molar-refractivity contribution in [3.8, 4) is 0 Å². The molecule has 0 aliphatic rings. The van der Waals surface area contributed by atoms with Crippen LogP contribution in [0.15, 0.2) is 11.4 Å². The number of carbonyl (C=O) groups is 1. The monoisotopic (exact) mass is 235 g/mol. The predicted molar refractivity (Wildman–Crippen MR) is 52.5 cm³/mol. The summed E-state index contributed by atoms with van der Waals surface area (Å²) in [5.41, 5.74) is 0.344. The van der Waals surface area contributed by atoms with E-state index in [1.807, 2.05) is 0 Å². The highest BCUT2D eigenvalue weighted by Gasteiger charge is 2.11. The van der Waals surface area contributed by atoms with Crippen molar-refractivity contribution in [1.29, 1.82) is 0 Å². The topological polar surface area (TPSA) is 86.5 Å². The molecule has 5 nitrogen and oxygen atoms in total. The second-order valence-electron chi connectivity index (χ2n) is 2.60. The van der Waals surface area contributed by atoms with E-state index in [1.165, 1.54) is 18.6 Å². The minimum atomic E-state index is -3.54. The Morgan fingerprint density at radius 3 is 2.79 bits per heavy atom. The lowest BCUT2D eigenvalue weighted by Crippen LogP contribution is -2.13. The van der Waals surface area contributed by atoms with Crippen LogP contribution in [0.3, 0.4) is 0 Å². The van der Waals surface area contributed by atoms with Crippen LogP contribution in [0.2, 0.25) is 0 Å². The van der Waals surface area contributed by atoms with Gasteiger partial charge in [0.15, 0.2) is 0 Å². The molecule has 0 aliphatic carbocycles. The van der Waals surface area contributed by atoms with Gasteiger partial charge in [-0.15, -0.1) is 11.3 Å². The number of ether oxygens (including phenoxy) is 1. The van der Waals surface area contributed by atoms with Crippen LogP contribution in [0.5, 0.6) is 0 Å². The van der Waals surface area contributed by atoms with Gasteiger partial charge in [0.05, 0.1) is 18.4 Å². The van der Waals surface area contributed by atoms with Crippen molar-refractivity contribution in [2.45, 2.75) is 5.75 Å². The van der Waals surface area contributed by atoms with Gasteiger partial charge in [0.25, 0.3) is 0 Å². The van der Waals surface area contributed by atoms with Crippen molar-refractivity contribution >= 4 is 27.3 Å². The molecule has 0 aromatic carbocycles. The van der Waals surface area contributed by atoms with E-state index in [0.717, 1.165) is 11.3 Å². The highest BCUT2D eigenvalue weighted by molar-refractivity contribution is 7.88. The summed E-state index contributed by atoms with van der Waals surface area (Å²) < 4.78 is 25.9. The lowest BCUT2D eigenvalue weighted by atomic mass is 10.3. The van der Waals surface area contributed by atoms with E-state index in [4.69, 9.17) is 5.14 Å². The predicted octanol–water partition coefficient (Wildman–Crippen LogP) is 0.323. The van der Waals surface area contributed by atoms with Gasteiger partial charge in [-0.3, -0.25) is 0 Å². The normalized spacial score (nSPS) is 11.3. The fourth-order valence-corrected chi connectivity index (χ4v) is 2.76. The molecule has 1 heterocycles. The maximum Gasteiger partial charge on any atom is 0.338 e. The summed E-state index contributed by atoms with van der Waals surface area (Å²) in [7, 11) is -2.27. The fourth-order valence-electron chi connectivity index (χ4n) is 0.880. The van der Waals surface area contributed by atoms with Crippen molar-refractivity contribution in [2.75, 3.05) is 7.11 Å². The maximum atomic E-state index is 11.0. The number of methoxy groups -OCH3 is 1. The van der Waals surface area contributed by atoms with Crippen LogP contribution in [-0.2, 0) is 20.5 Å². The summed E-state index contributed by atoms with van der Waals surface area (Å²) in [6.45, 7) is 0. The summed E-state index contributed by atoms with van der Waals surface area (Å²) >= 11 is 1.16. The molecular formula is C7H9NO4S2. The summed E-state index contributed by atoms with van der Waals surface area (Å²) in [6, 6.07) is 1.46. The Morgan fingerprint density at radius 2 is 2.29 bits per heavy atom. The Bertz CT molecular complexity index is 434. The molecule has 0 saturated heterocycles. The molecule has 78 valence electrons. The van der Waals surface area contributed by atoms with E-state index < -0.39 is 16.0 Å². The van der Waals surface area contributed by atoms with Gasteiger partial charge < -0.3 is 4.74 Å². The van der Waals surface area contributed by atoms with Gasteiger partial charge in [0.2, 0.25) is 10.0 Å². The Morgan fingerprint density at radius 1 is 1.64 bits per heavy atom. The third kappa shape index (κ3) is 3.09. The average molecular weight is 235 g/mol. The van der Waals surface area contributed by atoms with Crippen LogP contribution in [0, 0.1) is 0 Å². The van der Waals surface area contributed by atoms with Crippen LogP contribution < -0.4 is 5.14 Å². The smallest absolute Gasteiger partial charge is 0.338 e. The van der Waals surface area contributed by atoms with Gasteiger partial charge in [-0.25, -0.2) is 18.4 Å². The number of primary sulfonamides is 1. The highest BCUT2D eigenvalue weighted by atomic mass is 32.2. The highest BCUT2D eigenvalue weighted by Crippen LogP contribution is 2.17. The average Bonchev–Trinajstić information content (AvgIpc) is 2.48. The Hall–Kier alpha value is -0.920. The summed E-state index contributed by atoms with van der Waals surface area (Å²) in [4.78, 5) is 11.5. The van der Waals surface area contributed by atoms with Crippen molar-refractivity contribution < 1.29 is 17.9 Å². The van der Waals surface area contributed by atoms with E-state index in [2.05, 4.69) is 4.74 Å². The summed E-state index contributed by atoms with van der Waals surface area (Å²) in [6.07, 6.45) is 0. The largest absolute Gasteiger partial charge is 0.465 e. The van der Waals surface area contributed by atoms with Crippen LogP contribution in [0.1, 0.15) is 15.2 Å². The molecule has 0 bridgehead atoms. The van der Waals surface area contributed by atoms with Gasteiger partial charge in [0, 0.05) is 10.3 Å². The van der Waals surface area contributed by atoms with Crippen molar-refractivity contribution in [3.63, 3.8) is 0 Å². The molecule has 0 atom stereocenters. The number of hydrogen-bond donors (Lipinski definition) is 1. The SMILES string of the molecule is COC(=O)c1csc(CS(N)(=O)=O)c1. The molecule has 1 aromatic heterocycles. The van der Waals surface area contributed by atoms with Crippen LogP contribution in [0.25, 0.3) is 0 Å². The first-order chi connectivity index (χ1) is 6.42. The molecule has 14 heavy (non-hydrogen) atoms. The minimum absolute atomic E-state index is 0.255. The molecule has 2 N–H and O–H groups in total. The van der Waals surface area contributed by atoms with Gasteiger partial charge in [-0.1, -0.05) is 0 Å². The van der Waals surface area contributed by atoms with E-state index >= 15 is 0 Å². The number of hydrogen-bond acceptors (Lipinski definition) is 5. The number of rotatable bonds is 3. The molecule has 0 radical (unpaired) electrons. The number of sulfonamides is 1. The first kappa shape index (κ1) is 11.2. The zero-order valence-corrected chi connectivity index (χ0v) is 9.02. The lowest BCUT2D eigenvalue weighted by molar-refractivity contribution is 0.0601. The molecule has 0 unspecified atom stereocenters. The first-order valence-corrected chi connectivity index (χ1v) is 6.18. The lowest BCUT2D eigenvalue weighted by Gasteiger charge is -1.93. The van der Waals surface area contributed by atoms with E-state index in [1.54, 1.807) is 0 Å². The van der Waals surface area contributed by atoms with Crippen molar-refractivity contribution in [2.24, 2.45) is 5.14 Å². The molecule has 0 saturated carbocycles. The molecule has 0 amide bonds. The van der Waals surface area contributed by atoms with Crippen LogP contribution >= 0.6 is 11.3 Å². The third-order valence-electron chi connectivity index (χ3n) is 1.42. The Labute approximate surface area is 85.5 Å². The van der Waals surface area contributed by atoms with Crippen LogP contribution in [0.4, 0.5) is 0 Å². The third-order valence-corrected chi connectivity index (χ3v) is 3.25. The van der Waals surface area contributed by atoms with Gasteiger partial charge >= 0.3 is 5.97 Å². The number of esters is 1. The first-order valence-electron chi connectivity index (χ1n) is 3.58. The Kier molecular flexibility index (Phi) is 3.25. The van der Waals surface area contributed by atoms with Crippen molar-refractivity contribution in [3.05, 3.63) is 21.9 Å². The zero-order valence-electron chi connectivity index (χ0n) is 7.39. The number of nitrogens with two attached hydrogens (primary N) is 1. The second kappa shape index (κ2) is 4.07. The molecule has 7 heteroatoms. The molecule has 1 rings (SSSR count). The number of thiophene rings is 1. The van der Waals surface area contributed by atoms with E-state index in [-0.39, 0.29) is 5.75 Å². The van der Waals surface area contributed by atoms with E-state index in [0.29, 0.717) is 10.4 Å². The van der Waals surface area contributed by atoms with E-state index in [9.17, 15) is 13.2 Å². The molecular weight excluding hydrogens is 226 g/mol. The molecule has 1 aromatic rings.